The van der Waals surface area contributed by atoms with E-state index >= 15 is 0 Å². The van der Waals surface area contributed by atoms with E-state index in [0.717, 1.165) is 48.4 Å². The fraction of sp³-hybridized carbons (Fsp3) is 0.500. The van der Waals surface area contributed by atoms with Crippen LogP contribution in [0.2, 0.25) is 0 Å². The number of rotatable bonds is 2. The van der Waals surface area contributed by atoms with Crippen molar-refractivity contribution >= 4 is 16.3 Å². The lowest BCUT2D eigenvalue weighted by atomic mass is 10.1. The third-order valence-electron chi connectivity index (χ3n) is 3.86. The van der Waals surface area contributed by atoms with Crippen LogP contribution in [0.1, 0.15) is 11.9 Å². The number of piperazine rings is 3. The molecular formula is C12H15N5OS. The molecule has 2 aromatic heterocycles. The van der Waals surface area contributed by atoms with Gasteiger partial charge in [-0.3, -0.25) is 9.80 Å². The number of anilines is 1. The van der Waals surface area contributed by atoms with Crippen molar-refractivity contribution in [2.75, 3.05) is 38.5 Å². The summed E-state index contributed by atoms with van der Waals surface area (Å²) in [6.07, 6.45) is 0. The Morgan fingerprint density at radius 3 is 2.74 bits per heavy atom. The molecule has 0 saturated carbocycles. The fourth-order valence-corrected chi connectivity index (χ4v) is 3.50. The molecule has 2 aromatic rings. The molecule has 1 unspecified atom stereocenters. The zero-order chi connectivity index (χ0) is 12.8. The highest BCUT2D eigenvalue weighted by Crippen LogP contribution is 2.31. The van der Waals surface area contributed by atoms with Crippen molar-refractivity contribution in [1.29, 1.82) is 0 Å². The van der Waals surface area contributed by atoms with Gasteiger partial charge in [-0.2, -0.15) is 4.98 Å². The lowest BCUT2D eigenvalue weighted by Gasteiger charge is -2.46. The largest absolute Gasteiger partial charge is 0.391 e. The second-order valence-corrected chi connectivity index (χ2v) is 6.13. The molecule has 1 atom stereocenters. The predicted octanol–water partition coefficient (Wildman–Crippen LogP) is 1.05. The summed E-state index contributed by atoms with van der Waals surface area (Å²) in [5.41, 5.74) is 5.73. The Morgan fingerprint density at radius 2 is 2.11 bits per heavy atom. The third kappa shape index (κ3) is 1.94. The molecule has 6 nitrogen and oxygen atoms in total. The van der Waals surface area contributed by atoms with Crippen molar-refractivity contribution in [3.63, 3.8) is 0 Å². The zero-order valence-electron chi connectivity index (χ0n) is 10.5. The number of nitrogens with zero attached hydrogens (tertiary/aromatic N) is 4. The molecule has 0 aliphatic carbocycles. The molecule has 19 heavy (non-hydrogen) atoms. The van der Waals surface area contributed by atoms with Crippen LogP contribution in [-0.2, 0) is 0 Å². The van der Waals surface area contributed by atoms with E-state index in [1.807, 2.05) is 12.1 Å². The molecule has 0 spiro atoms. The molecule has 5 rings (SSSR count). The molecule has 3 fully saturated rings. The van der Waals surface area contributed by atoms with Crippen LogP contribution in [0.4, 0.5) is 5.00 Å². The lowest BCUT2D eigenvalue weighted by Crippen LogP contribution is -2.57. The van der Waals surface area contributed by atoms with E-state index in [-0.39, 0.29) is 6.04 Å². The first kappa shape index (κ1) is 11.4. The van der Waals surface area contributed by atoms with E-state index in [1.54, 1.807) is 0 Å². The van der Waals surface area contributed by atoms with Gasteiger partial charge < -0.3 is 10.3 Å². The molecule has 0 radical (unpaired) electrons. The summed E-state index contributed by atoms with van der Waals surface area (Å²) in [5, 5.41) is 4.92. The van der Waals surface area contributed by atoms with Crippen LogP contribution in [0, 0.1) is 0 Å². The van der Waals surface area contributed by atoms with Gasteiger partial charge in [0.25, 0.3) is 5.89 Å². The van der Waals surface area contributed by atoms with E-state index in [2.05, 4.69) is 19.9 Å². The number of fused-ring (bicyclic) bond motifs is 3. The highest BCUT2D eigenvalue weighted by Gasteiger charge is 2.35. The highest BCUT2D eigenvalue weighted by molar-refractivity contribution is 7.19. The van der Waals surface area contributed by atoms with Crippen LogP contribution >= 0.6 is 11.3 Å². The minimum atomic E-state index is 0.275. The Labute approximate surface area is 114 Å². The summed E-state index contributed by atoms with van der Waals surface area (Å²) in [6, 6.07) is 4.06. The van der Waals surface area contributed by atoms with Gasteiger partial charge in [-0.25, -0.2) is 0 Å². The van der Waals surface area contributed by atoms with Gasteiger partial charge in [0.15, 0.2) is 5.82 Å². The number of hydrogen-bond donors (Lipinski definition) is 1. The molecule has 2 N–H and O–H groups in total. The van der Waals surface area contributed by atoms with Gasteiger partial charge in [0.1, 0.15) is 0 Å². The lowest BCUT2D eigenvalue weighted by molar-refractivity contribution is 0.00781. The van der Waals surface area contributed by atoms with Crippen LogP contribution in [0.25, 0.3) is 10.8 Å². The van der Waals surface area contributed by atoms with Crippen molar-refractivity contribution in [3.05, 3.63) is 18.0 Å². The van der Waals surface area contributed by atoms with Crippen molar-refractivity contribution in [2.24, 2.45) is 0 Å². The molecule has 3 aliphatic rings. The first-order chi connectivity index (χ1) is 9.29. The first-order valence-electron chi connectivity index (χ1n) is 6.45. The average Bonchev–Trinajstić information content (AvgIpc) is 3.08. The molecule has 7 heteroatoms. The van der Waals surface area contributed by atoms with E-state index in [9.17, 15) is 0 Å². The molecular weight excluding hydrogens is 262 g/mol. The molecule has 0 amide bonds. The molecule has 5 heterocycles. The van der Waals surface area contributed by atoms with Gasteiger partial charge in [0, 0.05) is 32.7 Å². The quantitative estimate of drug-likeness (QED) is 0.885. The van der Waals surface area contributed by atoms with Crippen molar-refractivity contribution in [2.45, 2.75) is 6.04 Å². The summed E-state index contributed by atoms with van der Waals surface area (Å²) in [7, 11) is 0. The van der Waals surface area contributed by atoms with Crippen molar-refractivity contribution in [1.82, 2.24) is 19.9 Å². The fourth-order valence-electron chi connectivity index (χ4n) is 2.80. The summed E-state index contributed by atoms with van der Waals surface area (Å²) in [4.78, 5) is 10.4. The zero-order valence-corrected chi connectivity index (χ0v) is 11.3. The van der Waals surface area contributed by atoms with Gasteiger partial charge in [-0.05, 0) is 12.1 Å². The molecule has 100 valence electrons. The summed E-state index contributed by atoms with van der Waals surface area (Å²) in [6.45, 7) is 5.51. The van der Waals surface area contributed by atoms with Gasteiger partial charge in [0.2, 0.25) is 0 Å². The predicted molar refractivity (Wildman–Crippen MR) is 72.8 cm³/mol. The summed E-state index contributed by atoms with van der Waals surface area (Å²) >= 11 is 1.47. The average molecular weight is 277 g/mol. The maximum Gasteiger partial charge on any atom is 0.268 e. The highest BCUT2D eigenvalue weighted by atomic mass is 32.1. The van der Waals surface area contributed by atoms with Crippen LogP contribution in [0.15, 0.2) is 16.7 Å². The maximum absolute atomic E-state index is 5.73. The van der Waals surface area contributed by atoms with Crippen molar-refractivity contribution in [3.8, 4) is 10.8 Å². The Balaban J connectivity index is 1.61. The maximum atomic E-state index is 5.73. The molecule has 3 saturated heterocycles. The number of nitrogen functional groups attached to an aromatic ring is 1. The third-order valence-corrected chi connectivity index (χ3v) is 4.76. The van der Waals surface area contributed by atoms with Gasteiger partial charge in [0.05, 0.1) is 15.9 Å². The normalized spacial score (nSPS) is 29.8. The smallest absolute Gasteiger partial charge is 0.268 e. The molecule has 2 bridgehead atoms. The minimum absolute atomic E-state index is 0.275. The van der Waals surface area contributed by atoms with Crippen LogP contribution in [-0.4, -0.2) is 52.7 Å². The van der Waals surface area contributed by atoms with Gasteiger partial charge >= 0.3 is 0 Å². The van der Waals surface area contributed by atoms with E-state index < -0.39 is 0 Å². The SMILES string of the molecule is Nc1ccc(-c2nc(C3CN4CCN3CC4)no2)s1. The molecule has 3 aliphatic heterocycles. The van der Waals surface area contributed by atoms with E-state index in [0.29, 0.717) is 5.89 Å². The Bertz CT molecular complexity index is 586. The number of hydrogen-bond acceptors (Lipinski definition) is 7. The second kappa shape index (κ2) is 4.29. The van der Waals surface area contributed by atoms with Gasteiger partial charge in [-0.15, -0.1) is 11.3 Å². The Kier molecular flexibility index (Phi) is 2.57. The Hall–Kier alpha value is -1.44. The second-order valence-electron chi connectivity index (χ2n) is 5.01. The Morgan fingerprint density at radius 1 is 1.26 bits per heavy atom. The first-order valence-corrected chi connectivity index (χ1v) is 7.27. The minimum Gasteiger partial charge on any atom is -0.391 e. The number of thiophene rings is 1. The van der Waals surface area contributed by atoms with Crippen LogP contribution in [0.5, 0.6) is 0 Å². The van der Waals surface area contributed by atoms with E-state index in [4.69, 9.17) is 10.3 Å². The van der Waals surface area contributed by atoms with Crippen molar-refractivity contribution < 1.29 is 4.52 Å². The summed E-state index contributed by atoms with van der Waals surface area (Å²) in [5.74, 6) is 1.38. The number of aromatic nitrogens is 2. The monoisotopic (exact) mass is 277 g/mol. The van der Waals surface area contributed by atoms with Gasteiger partial charge in [-0.1, -0.05) is 5.16 Å². The van der Waals surface area contributed by atoms with Crippen LogP contribution < -0.4 is 5.73 Å². The molecule has 0 aromatic carbocycles. The summed E-state index contributed by atoms with van der Waals surface area (Å²) < 4.78 is 5.37. The topological polar surface area (TPSA) is 71.4 Å². The van der Waals surface area contributed by atoms with E-state index in [1.165, 1.54) is 11.3 Å². The standard InChI is InChI=1S/C12H15N5OS/c13-10-2-1-9(19-10)12-14-11(15-18-12)8-7-16-3-5-17(8)6-4-16/h1-2,8H,3-7,13H2. The number of nitrogens with two attached hydrogens (primary N) is 1. The van der Waals surface area contributed by atoms with Crippen LogP contribution in [0.3, 0.4) is 0 Å².